The van der Waals surface area contributed by atoms with Gasteiger partial charge in [0.15, 0.2) is 6.29 Å². The molecular weight excluding hydrogens is 232 g/mol. The van der Waals surface area contributed by atoms with Gasteiger partial charge in [0, 0.05) is 29.6 Å². The van der Waals surface area contributed by atoms with Crippen molar-refractivity contribution < 1.29 is 4.79 Å². The Hall–Kier alpha value is -1.29. The molecule has 88 valence electrons. The van der Waals surface area contributed by atoms with E-state index in [0.717, 1.165) is 11.9 Å². The molecule has 3 heterocycles. The molecule has 1 atom stereocenters. The third kappa shape index (κ3) is 2.09. The van der Waals surface area contributed by atoms with Gasteiger partial charge in [0.1, 0.15) is 5.65 Å². The molecule has 0 aliphatic carbocycles. The van der Waals surface area contributed by atoms with Crippen molar-refractivity contribution in [3.63, 3.8) is 0 Å². The lowest BCUT2D eigenvalue weighted by Crippen LogP contribution is -2.08. The van der Waals surface area contributed by atoms with Gasteiger partial charge in [-0.15, -0.1) is 0 Å². The number of carbonyl (C=O) groups is 1. The topological polar surface area (TPSA) is 34.4 Å². The number of hydrogen-bond donors (Lipinski definition) is 0. The van der Waals surface area contributed by atoms with Gasteiger partial charge >= 0.3 is 0 Å². The van der Waals surface area contributed by atoms with Crippen molar-refractivity contribution in [3.05, 3.63) is 35.8 Å². The average Bonchev–Trinajstić information content (AvgIpc) is 2.82. The number of carbonyl (C=O) groups excluding carboxylic acids is 1. The largest absolute Gasteiger partial charge is 0.306 e. The fourth-order valence-corrected chi connectivity index (χ4v) is 3.43. The number of thioether (sulfide) groups is 1. The van der Waals surface area contributed by atoms with E-state index in [1.807, 2.05) is 34.5 Å². The molecule has 1 aliphatic heterocycles. The lowest BCUT2D eigenvalue weighted by atomic mass is 10.0. The van der Waals surface area contributed by atoms with E-state index in [1.54, 1.807) is 0 Å². The van der Waals surface area contributed by atoms with Crippen LogP contribution >= 0.6 is 11.8 Å². The molecule has 0 aromatic carbocycles. The van der Waals surface area contributed by atoms with Gasteiger partial charge < -0.3 is 4.40 Å². The van der Waals surface area contributed by atoms with E-state index in [0.29, 0.717) is 11.5 Å². The summed E-state index contributed by atoms with van der Waals surface area (Å²) in [4.78, 5) is 15.4. The first-order chi connectivity index (χ1) is 8.36. The number of aromatic nitrogens is 2. The normalized spacial score (nSPS) is 20.6. The van der Waals surface area contributed by atoms with E-state index < -0.39 is 0 Å². The summed E-state index contributed by atoms with van der Waals surface area (Å²) in [6, 6.07) is 3.72. The molecule has 2 aromatic rings. The molecule has 0 bridgehead atoms. The molecule has 1 saturated heterocycles. The van der Waals surface area contributed by atoms with Crippen molar-refractivity contribution in [2.75, 3.05) is 11.5 Å². The first-order valence-electron chi connectivity index (χ1n) is 5.88. The van der Waals surface area contributed by atoms with Gasteiger partial charge in [-0.2, -0.15) is 11.8 Å². The van der Waals surface area contributed by atoms with E-state index in [9.17, 15) is 4.79 Å². The molecule has 0 spiro atoms. The Bertz CT molecular complexity index is 543. The van der Waals surface area contributed by atoms with Crippen LogP contribution in [0.3, 0.4) is 0 Å². The molecule has 1 fully saturated rings. The number of hydrogen-bond acceptors (Lipinski definition) is 3. The van der Waals surface area contributed by atoms with Gasteiger partial charge in [-0.05, 0) is 30.7 Å². The van der Waals surface area contributed by atoms with Crippen molar-refractivity contribution in [2.45, 2.75) is 18.8 Å². The number of pyridine rings is 1. The van der Waals surface area contributed by atoms with Crippen molar-refractivity contribution in [1.82, 2.24) is 9.38 Å². The number of rotatable bonds is 2. The summed E-state index contributed by atoms with van der Waals surface area (Å²) in [6.45, 7) is 0. The summed E-state index contributed by atoms with van der Waals surface area (Å²) in [7, 11) is 0. The van der Waals surface area contributed by atoms with Crippen LogP contribution in [0.5, 0.6) is 0 Å². The molecule has 2 aromatic heterocycles. The van der Waals surface area contributed by atoms with Gasteiger partial charge in [-0.3, -0.25) is 4.79 Å². The lowest BCUT2D eigenvalue weighted by molar-refractivity contribution is 0.112. The van der Waals surface area contributed by atoms with Crippen LogP contribution in [-0.2, 0) is 0 Å². The molecule has 3 nitrogen and oxygen atoms in total. The Morgan fingerprint density at radius 1 is 1.41 bits per heavy atom. The smallest absolute Gasteiger partial charge is 0.151 e. The zero-order valence-corrected chi connectivity index (χ0v) is 10.3. The highest BCUT2D eigenvalue weighted by Crippen LogP contribution is 2.30. The summed E-state index contributed by atoms with van der Waals surface area (Å²) >= 11 is 2.01. The van der Waals surface area contributed by atoms with Crippen molar-refractivity contribution in [3.8, 4) is 0 Å². The molecule has 1 unspecified atom stereocenters. The van der Waals surface area contributed by atoms with Crippen LogP contribution < -0.4 is 0 Å². The molecule has 0 radical (unpaired) electrons. The summed E-state index contributed by atoms with van der Waals surface area (Å²) in [5, 5.41) is 0. The highest BCUT2D eigenvalue weighted by atomic mass is 32.2. The third-order valence-corrected chi connectivity index (χ3v) is 4.42. The van der Waals surface area contributed by atoms with Crippen molar-refractivity contribution in [2.24, 2.45) is 0 Å². The Balaban J connectivity index is 1.97. The maximum atomic E-state index is 10.7. The maximum Gasteiger partial charge on any atom is 0.151 e. The van der Waals surface area contributed by atoms with E-state index in [1.165, 1.54) is 30.0 Å². The van der Waals surface area contributed by atoms with Crippen LogP contribution in [0, 0.1) is 0 Å². The molecule has 1 aliphatic rings. The molecule has 3 rings (SSSR count). The number of imidazole rings is 1. The van der Waals surface area contributed by atoms with E-state index in [2.05, 4.69) is 11.2 Å². The second-order valence-electron chi connectivity index (χ2n) is 4.43. The average molecular weight is 246 g/mol. The highest BCUT2D eigenvalue weighted by molar-refractivity contribution is 7.99. The maximum absolute atomic E-state index is 10.7. The van der Waals surface area contributed by atoms with Crippen LogP contribution in [0.25, 0.3) is 5.65 Å². The number of nitrogens with zero attached hydrogens (tertiary/aromatic N) is 2. The summed E-state index contributed by atoms with van der Waals surface area (Å²) < 4.78 is 1.96. The first kappa shape index (κ1) is 10.8. The summed E-state index contributed by atoms with van der Waals surface area (Å²) in [5.41, 5.74) is 2.79. The lowest BCUT2D eigenvalue weighted by Gasteiger charge is -2.18. The Kier molecular flexibility index (Phi) is 2.89. The summed E-state index contributed by atoms with van der Waals surface area (Å²) in [6.07, 6.45) is 7.30. The van der Waals surface area contributed by atoms with Crippen LogP contribution in [0.2, 0.25) is 0 Å². The van der Waals surface area contributed by atoms with Crippen LogP contribution in [-0.4, -0.2) is 27.2 Å². The molecule has 17 heavy (non-hydrogen) atoms. The van der Waals surface area contributed by atoms with Crippen molar-refractivity contribution in [1.29, 1.82) is 0 Å². The molecule has 0 N–H and O–H groups in total. The summed E-state index contributed by atoms with van der Waals surface area (Å²) in [5.74, 6) is 3.03. The molecule has 0 amide bonds. The number of fused-ring (bicyclic) bond motifs is 1. The Morgan fingerprint density at radius 3 is 3.12 bits per heavy atom. The minimum absolute atomic E-state index is 0.577. The van der Waals surface area contributed by atoms with E-state index in [4.69, 9.17) is 0 Å². The van der Waals surface area contributed by atoms with Gasteiger partial charge in [-0.25, -0.2) is 4.98 Å². The predicted molar refractivity (Wildman–Crippen MR) is 69.9 cm³/mol. The monoisotopic (exact) mass is 246 g/mol. The SMILES string of the molecule is O=Cc1ccc2nc(C3CCCSC3)cn2c1. The number of aldehydes is 1. The van der Waals surface area contributed by atoms with Crippen LogP contribution in [0.4, 0.5) is 0 Å². The Morgan fingerprint density at radius 2 is 2.35 bits per heavy atom. The van der Waals surface area contributed by atoms with E-state index >= 15 is 0 Å². The van der Waals surface area contributed by atoms with Gasteiger partial charge in [0.2, 0.25) is 0 Å². The first-order valence-corrected chi connectivity index (χ1v) is 7.04. The van der Waals surface area contributed by atoms with Crippen LogP contribution in [0.15, 0.2) is 24.5 Å². The molecule has 0 saturated carbocycles. The van der Waals surface area contributed by atoms with Gasteiger partial charge in [-0.1, -0.05) is 0 Å². The minimum Gasteiger partial charge on any atom is -0.306 e. The molecule has 4 heteroatoms. The molecular formula is C13H14N2OS. The van der Waals surface area contributed by atoms with Crippen molar-refractivity contribution >= 4 is 23.7 Å². The fourth-order valence-electron chi connectivity index (χ4n) is 2.27. The quantitative estimate of drug-likeness (QED) is 0.764. The van der Waals surface area contributed by atoms with Gasteiger partial charge in [0.05, 0.1) is 5.69 Å². The zero-order valence-electron chi connectivity index (χ0n) is 9.50. The van der Waals surface area contributed by atoms with Gasteiger partial charge in [0.25, 0.3) is 0 Å². The second kappa shape index (κ2) is 4.53. The fraction of sp³-hybridized carbons (Fsp3) is 0.385. The second-order valence-corrected chi connectivity index (χ2v) is 5.58. The minimum atomic E-state index is 0.577. The third-order valence-electron chi connectivity index (χ3n) is 3.21. The highest BCUT2D eigenvalue weighted by Gasteiger charge is 2.18. The zero-order chi connectivity index (χ0) is 11.7. The van der Waals surface area contributed by atoms with E-state index in [-0.39, 0.29) is 0 Å². The Labute approximate surface area is 104 Å². The van der Waals surface area contributed by atoms with Crippen LogP contribution in [0.1, 0.15) is 34.8 Å². The predicted octanol–water partition coefficient (Wildman–Crippen LogP) is 2.76. The standard InChI is InChI=1S/C13H14N2OS/c16-8-10-3-4-13-14-12(7-15(13)6-10)11-2-1-5-17-9-11/h3-4,6-8,11H,1-2,5,9H2.